The minimum Gasteiger partial charge on any atom is -0.372 e. The minimum atomic E-state index is 0.782. The number of benzene rings is 1. The normalized spacial score (nSPS) is 19.5. The molecule has 17 heavy (non-hydrogen) atoms. The number of para-hydroxylation sites is 1. The summed E-state index contributed by atoms with van der Waals surface area (Å²) >= 11 is 0. The largest absolute Gasteiger partial charge is 0.372 e. The Balaban J connectivity index is 1.75. The highest BCUT2D eigenvalue weighted by atomic mass is 15.1. The lowest BCUT2D eigenvalue weighted by Crippen LogP contribution is -2.27. The molecule has 1 N–H and O–H groups in total. The molecule has 1 fully saturated rings. The third-order valence-electron chi connectivity index (χ3n) is 3.65. The Morgan fingerprint density at radius 3 is 2.76 bits per heavy atom. The van der Waals surface area contributed by atoms with Crippen LogP contribution in [0.4, 0.5) is 5.69 Å². The van der Waals surface area contributed by atoms with Crippen molar-refractivity contribution in [2.24, 2.45) is 0 Å². The molecule has 0 aromatic heterocycles. The quantitative estimate of drug-likeness (QED) is 0.811. The van der Waals surface area contributed by atoms with Crippen LogP contribution in [0.15, 0.2) is 30.3 Å². The predicted octanol–water partition coefficient (Wildman–Crippen LogP) is 3.05. The van der Waals surface area contributed by atoms with Crippen LogP contribution in [0.2, 0.25) is 0 Å². The average molecular weight is 232 g/mol. The van der Waals surface area contributed by atoms with E-state index in [0.29, 0.717) is 0 Å². The van der Waals surface area contributed by atoms with Crippen molar-refractivity contribution in [3.05, 3.63) is 30.3 Å². The number of nitrogens with one attached hydrogen (secondary N) is 1. The number of anilines is 1. The second kappa shape index (κ2) is 6.65. The molecule has 2 rings (SSSR count). The summed E-state index contributed by atoms with van der Waals surface area (Å²) < 4.78 is 0. The lowest BCUT2D eigenvalue weighted by atomic mass is 10.1. The van der Waals surface area contributed by atoms with Crippen molar-refractivity contribution in [3.8, 4) is 0 Å². The molecule has 1 atom stereocenters. The van der Waals surface area contributed by atoms with E-state index in [4.69, 9.17) is 0 Å². The Hall–Kier alpha value is -1.02. The number of hydrogen-bond donors (Lipinski definition) is 1. The summed E-state index contributed by atoms with van der Waals surface area (Å²) in [5.74, 6) is 0. The summed E-state index contributed by atoms with van der Waals surface area (Å²) in [6, 6.07) is 11.5. The van der Waals surface area contributed by atoms with Crippen LogP contribution in [0.5, 0.6) is 0 Å². The Kier molecular flexibility index (Phi) is 4.87. The van der Waals surface area contributed by atoms with Gasteiger partial charge in [-0.05, 0) is 51.3 Å². The summed E-state index contributed by atoms with van der Waals surface area (Å²) in [4.78, 5) is 2.47. The molecule has 0 saturated carbocycles. The summed E-state index contributed by atoms with van der Waals surface area (Å²) in [6.07, 6.45) is 5.35. The van der Waals surface area contributed by atoms with Crippen molar-refractivity contribution < 1.29 is 0 Å². The van der Waals surface area contributed by atoms with Gasteiger partial charge in [0.2, 0.25) is 0 Å². The fraction of sp³-hybridized carbons (Fsp3) is 0.600. The van der Waals surface area contributed by atoms with E-state index in [1.807, 2.05) is 0 Å². The molecule has 1 saturated heterocycles. The highest BCUT2D eigenvalue weighted by molar-refractivity contribution is 5.45. The van der Waals surface area contributed by atoms with E-state index in [2.05, 4.69) is 47.5 Å². The van der Waals surface area contributed by atoms with Gasteiger partial charge < -0.3 is 10.2 Å². The molecule has 0 spiro atoms. The molecule has 1 aliphatic rings. The van der Waals surface area contributed by atoms with E-state index in [-0.39, 0.29) is 0 Å². The van der Waals surface area contributed by atoms with Crippen LogP contribution < -0.4 is 10.2 Å². The highest BCUT2D eigenvalue weighted by Gasteiger charge is 2.13. The summed E-state index contributed by atoms with van der Waals surface area (Å²) in [5.41, 5.74) is 1.36. The van der Waals surface area contributed by atoms with Gasteiger partial charge in [-0.2, -0.15) is 0 Å². The molecule has 2 nitrogen and oxygen atoms in total. The number of hydrogen-bond acceptors (Lipinski definition) is 2. The average Bonchev–Trinajstić information content (AvgIpc) is 2.89. The topological polar surface area (TPSA) is 15.3 Å². The second-order valence-corrected chi connectivity index (χ2v) is 4.85. The minimum absolute atomic E-state index is 0.782. The van der Waals surface area contributed by atoms with Gasteiger partial charge in [0.05, 0.1) is 0 Å². The zero-order valence-electron chi connectivity index (χ0n) is 10.9. The van der Waals surface area contributed by atoms with Gasteiger partial charge in [-0.3, -0.25) is 0 Å². The third-order valence-corrected chi connectivity index (χ3v) is 3.65. The maximum Gasteiger partial charge on any atom is 0.0366 e. The molecule has 2 heteroatoms. The first-order chi connectivity index (χ1) is 8.40. The van der Waals surface area contributed by atoms with E-state index in [0.717, 1.165) is 12.6 Å². The standard InChI is InChI=1S/C15H24N2/c1-2-17(15-10-4-3-5-11-15)13-7-9-14-8-6-12-16-14/h3-5,10-11,14,16H,2,6-9,12-13H2,1H3. The van der Waals surface area contributed by atoms with E-state index in [1.165, 1.54) is 44.5 Å². The zero-order valence-corrected chi connectivity index (χ0v) is 10.9. The Morgan fingerprint density at radius 2 is 2.12 bits per heavy atom. The van der Waals surface area contributed by atoms with Crippen LogP contribution >= 0.6 is 0 Å². The lowest BCUT2D eigenvalue weighted by molar-refractivity contribution is 0.533. The van der Waals surface area contributed by atoms with Crippen molar-refractivity contribution in [2.45, 2.75) is 38.6 Å². The third kappa shape index (κ3) is 3.74. The van der Waals surface area contributed by atoms with Gasteiger partial charge in [0.1, 0.15) is 0 Å². The second-order valence-electron chi connectivity index (χ2n) is 4.85. The van der Waals surface area contributed by atoms with Crippen molar-refractivity contribution in [1.29, 1.82) is 0 Å². The van der Waals surface area contributed by atoms with Crippen LogP contribution in [0, 0.1) is 0 Å². The molecule has 1 aliphatic heterocycles. The first-order valence-electron chi connectivity index (χ1n) is 6.93. The molecule has 0 amide bonds. The summed E-state index contributed by atoms with van der Waals surface area (Å²) in [6.45, 7) is 5.74. The lowest BCUT2D eigenvalue weighted by Gasteiger charge is -2.23. The van der Waals surface area contributed by atoms with Crippen LogP contribution in [0.25, 0.3) is 0 Å². The van der Waals surface area contributed by atoms with Crippen molar-refractivity contribution in [2.75, 3.05) is 24.5 Å². The Bertz CT molecular complexity index is 304. The van der Waals surface area contributed by atoms with E-state index < -0.39 is 0 Å². The zero-order chi connectivity index (χ0) is 11.9. The molecule has 1 heterocycles. The van der Waals surface area contributed by atoms with Crippen LogP contribution in [0.3, 0.4) is 0 Å². The maximum atomic E-state index is 3.57. The van der Waals surface area contributed by atoms with Gasteiger partial charge in [-0.25, -0.2) is 0 Å². The van der Waals surface area contributed by atoms with E-state index in [1.54, 1.807) is 0 Å². The monoisotopic (exact) mass is 232 g/mol. The molecular weight excluding hydrogens is 208 g/mol. The maximum absolute atomic E-state index is 3.57. The van der Waals surface area contributed by atoms with Crippen LogP contribution in [-0.2, 0) is 0 Å². The Morgan fingerprint density at radius 1 is 1.29 bits per heavy atom. The first kappa shape index (κ1) is 12.4. The first-order valence-corrected chi connectivity index (χ1v) is 6.93. The van der Waals surface area contributed by atoms with Crippen molar-refractivity contribution in [3.63, 3.8) is 0 Å². The molecular formula is C15H24N2. The fourth-order valence-corrected chi connectivity index (χ4v) is 2.64. The van der Waals surface area contributed by atoms with Gasteiger partial charge >= 0.3 is 0 Å². The summed E-state index contributed by atoms with van der Waals surface area (Å²) in [7, 11) is 0. The fourth-order valence-electron chi connectivity index (χ4n) is 2.64. The smallest absolute Gasteiger partial charge is 0.0366 e. The molecule has 1 aromatic rings. The van der Waals surface area contributed by atoms with E-state index >= 15 is 0 Å². The number of rotatable bonds is 6. The molecule has 1 unspecified atom stereocenters. The van der Waals surface area contributed by atoms with Gasteiger partial charge in [-0.1, -0.05) is 18.2 Å². The predicted molar refractivity (Wildman–Crippen MR) is 74.6 cm³/mol. The Labute approximate surface area is 105 Å². The highest BCUT2D eigenvalue weighted by Crippen LogP contribution is 2.15. The molecule has 0 aliphatic carbocycles. The van der Waals surface area contributed by atoms with Gasteiger partial charge in [-0.15, -0.1) is 0 Å². The van der Waals surface area contributed by atoms with Gasteiger partial charge in [0.15, 0.2) is 0 Å². The van der Waals surface area contributed by atoms with Crippen LogP contribution in [-0.4, -0.2) is 25.7 Å². The van der Waals surface area contributed by atoms with Crippen LogP contribution in [0.1, 0.15) is 32.6 Å². The molecule has 0 radical (unpaired) electrons. The van der Waals surface area contributed by atoms with E-state index in [9.17, 15) is 0 Å². The molecule has 1 aromatic carbocycles. The van der Waals surface area contributed by atoms with Crippen molar-refractivity contribution in [1.82, 2.24) is 5.32 Å². The van der Waals surface area contributed by atoms with Crippen molar-refractivity contribution >= 4 is 5.69 Å². The van der Waals surface area contributed by atoms with Gasteiger partial charge in [0.25, 0.3) is 0 Å². The summed E-state index contributed by atoms with van der Waals surface area (Å²) in [5, 5.41) is 3.57. The SMILES string of the molecule is CCN(CCCC1CCCN1)c1ccccc1. The number of nitrogens with zero attached hydrogens (tertiary/aromatic N) is 1. The molecule has 0 bridgehead atoms. The molecule has 94 valence electrons. The van der Waals surface area contributed by atoms with Gasteiger partial charge in [0, 0.05) is 24.8 Å².